The molecule has 2 aromatic heterocycles. The van der Waals surface area contributed by atoms with E-state index in [0.29, 0.717) is 12.4 Å². The highest BCUT2D eigenvalue weighted by molar-refractivity contribution is 5.74. The Kier molecular flexibility index (Phi) is 3.50. The molecule has 0 bridgehead atoms. The zero-order chi connectivity index (χ0) is 14.0. The second kappa shape index (κ2) is 5.09. The minimum absolute atomic E-state index is 0.0672. The molecular formula is C11H14N4O4. The molecule has 0 saturated carbocycles. The summed E-state index contributed by atoms with van der Waals surface area (Å²) in [7, 11) is 1.49. The van der Waals surface area contributed by atoms with E-state index >= 15 is 0 Å². The lowest BCUT2D eigenvalue weighted by molar-refractivity contribution is -0.142. The highest BCUT2D eigenvalue weighted by atomic mass is 16.5. The van der Waals surface area contributed by atoms with Gasteiger partial charge in [0.2, 0.25) is 0 Å². The lowest BCUT2D eigenvalue weighted by Crippen LogP contribution is -2.28. The Labute approximate surface area is 107 Å². The SMILES string of the molecule is CCCOC(=O)Cc1nc2c([nH]1)c(=O)[nH]c(=O)n2C. The largest absolute Gasteiger partial charge is 0.465 e. The van der Waals surface area contributed by atoms with Crippen molar-refractivity contribution in [1.29, 1.82) is 0 Å². The van der Waals surface area contributed by atoms with Gasteiger partial charge < -0.3 is 9.72 Å². The van der Waals surface area contributed by atoms with Crippen molar-refractivity contribution in [3.8, 4) is 0 Å². The lowest BCUT2D eigenvalue weighted by atomic mass is 10.4. The number of carbonyl (C=O) groups excluding carboxylic acids is 1. The Morgan fingerprint density at radius 2 is 2.11 bits per heavy atom. The fourth-order valence-corrected chi connectivity index (χ4v) is 1.64. The number of nitrogens with zero attached hydrogens (tertiary/aromatic N) is 2. The van der Waals surface area contributed by atoms with Crippen LogP contribution >= 0.6 is 0 Å². The van der Waals surface area contributed by atoms with Crippen molar-refractivity contribution in [1.82, 2.24) is 19.5 Å². The van der Waals surface area contributed by atoms with Crippen molar-refractivity contribution in [3.63, 3.8) is 0 Å². The first-order valence-corrected chi connectivity index (χ1v) is 5.86. The van der Waals surface area contributed by atoms with Crippen LogP contribution in [0.2, 0.25) is 0 Å². The highest BCUT2D eigenvalue weighted by Crippen LogP contribution is 2.04. The molecule has 0 amide bonds. The number of esters is 1. The maximum absolute atomic E-state index is 11.6. The number of nitrogens with one attached hydrogen (secondary N) is 2. The van der Waals surface area contributed by atoms with Crippen molar-refractivity contribution in [3.05, 3.63) is 26.7 Å². The van der Waals surface area contributed by atoms with Gasteiger partial charge in [0.05, 0.1) is 6.61 Å². The molecule has 102 valence electrons. The van der Waals surface area contributed by atoms with Crippen LogP contribution in [0.5, 0.6) is 0 Å². The summed E-state index contributed by atoms with van der Waals surface area (Å²) >= 11 is 0. The predicted molar refractivity (Wildman–Crippen MR) is 66.9 cm³/mol. The van der Waals surface area contributed by atoms with Crippen LogP contribution in [0.25, 0.3) is 11.2 Å². The van der Waals surface area contributed by atoms with Crippen LogP contribution in [0.4, 0.5) is 0 Å². The first kappa shape index (κ1) is 13.1. The average molecular weight is 266 g/mol. The molecular weight excluding hydrogens is 252 g/mol. The molecule has 2 N–H and O–H groups in total. The maximum Gasteiger partial charge on any atom is 0.329 e. The number of carbonyl (C=O) groups is 1. The summed E-state index contributed by atoms with van der Waals surface area (Å²) < 4.78 is 6.12. The zero-order valence-electron chi connectivity index (χ0n) is 10.6. The van der Waals surface area contributed by atoms with Gasteiger partial charge in [0, 0.05) is 7.05 Å². The number of hydrogen-bond acceptors (Lipinski definition) is 5. The van der Waals surface area contributed by atoms with Gasteiger partial charge in [0.15, 0.2) is 5.65 Å². The second-order valence-corrected chi connectivity index (χ2v) is 4.10. The number of fused-ring (bicyclic) bond motifs is 1. The van der Waals surface area contributed by atoms with Gasteiger partial charge in [0.25, 0.3) is 5.56 Å². The molecule has 0 aliphatic carbocycles. The summed E-state index contributed by atoms with van der Waals surface area (Å²) in [6.45, 7) is 2.24. The Hall–Kier alpha value is -2.38. The molecule has 2 rings (SSSR count). The minimum atomic E-state index is -0.557. The van der Waals surface area contributed by atoms with E-state index in [1.165, 1.54) is 11.6 Å². The van der Waals surface area contributed by atoms with Crippen molar-refractivity contribution < 1.29 is 9.53 Å². The van der Waals surface area contributed by atoms with Crippen molar-refractivity contribution in [2.45, 2.75) is 19.8 Å². The topological polar surface area (TPSA) is 110 Å². The molecule has 0 unspecified atom stereocenters. The van der Waals surface area contributed by atoms with E-state index in [0.717, 1.165) is 6.42 Å². The first-order valence-electron chi connectivity index (χ1n) is 5.86. The quantitative estimate of drug-likeness (QED) is 0.721. The molecule has 0 saturated heterocycles. The van der Waals surface area contributed by atoms with Crippen LogP contribution < -0.4 is 11.2 Å². The van der Waals surface area contributed by atoms with E-state index < -0.39 is 17.2 Å². The van der Waals surface area contributed by atoms with E-state index in [1.54, 1.807) is 0 Å². The fourth-order valence-electron chi connectivity index (χ4n) is 1.64. The number of hydrogen-bond donors (Lipinski definition) is 2. The minimum Gasteiger partial charge on any atom is -0.465 e. The van der Waals surface area contributed by atoms with Crippen LogP contribution in [0.3, 0.4) is 0 Å². The van der Waals surface area contributed by atoms with Gasteiger partial charge in [0.1, 0.15) is 17.8 Å². The third kappa shape index (κ3) is 2.56. The molecule has 8 nitrogen and oxygen atoms in total. The predicted octanol–water partition coefficient (Wildman–Crippen LogP) is -0.554. The normalized spacial score (nSPS) is 10.8. The molecule has 0 aliphatic rings. The monoisotopic (exact) mass is 266 g/mol. The molecule has 0 radical (unpaired) electrons. The number of aromatic nitrogens is 4. The van der Waals surface area contributed by atoms with Crippen LogP contribution in [0, 0.1) is 0 Å². The van der Waals surface area contributed by atoms with Gasteiger partial charge >= 0.3 is 11.7 Å². The molecule has 0 aromatic carbocycles. The number of rotatable bonds is 4. The number of H-pyrrole nitrogens is 2. The molecule has 0 aliphatic heterocycles. The van der Waals surface area contributed by atoms with E-state index in [1.807, 2.05) is 6.92 Å². The molecule has 19 heavy (non-hydrogen) atoms. The number of ether oxygens (including phenoxy) is 1. The van der Waals surface area contributed by atoms with Crippen LogP contribution in [0.1, 0.15) is 19.2 Å². The Morgan fingerprint density at radius 3 is 2.79 bits per heavy atom. The summed E-state index contributed by atoms with van der Waals surface area (Å²) in [5.41, 5.74) is -0.727. The van der Waals surface area contributed by atoms with Gasteiger partial charge in [-0.05, 0) is 6.42 Å². The van der Waals surface area contributed by atoms with E-state index in [-0.39, 0.29) is 17.6 Å². The van der Waals surface area contributed by atoms with Crippen LogP contribution in [0.15, 0.2) is 9.59 Å². The van der Waals surface area contributed by atoms with Gasteiger partial charge in [-0.3, -0.25) is 19.1 Å². The van der Waals surface area contributed by atoms with Crippen molar-refractivity contribution >= 4 is 17.1 Å². The van der Waals surface area contributed by atoms with Gasteiger partial charge in [-0.1, -0.05) is 6.92 Å². The van der Waals surface area contributed by atoms with Gasteiger partial charge in [-0.2, -0.15) is 0 Å². The molecule has 2 aromatic rings. The lowest BCUT2D eigenvalue weighted by Gasteiger charge is -1.99. The molecule has 8 heteroatoms. The second-order valence-electron chi connectivity index (χ2n) is 4.10. The maximum atomic E-state index is 11.6. The first-order chi connectivity index (χ1) is 9.02. The summed E-state index contributed by atoms with van der Waals surface area (Å²) in [5.74, 6) is -0.134. The summed E-state index contributed by atoms with van der Waals surface area (Å²) in [4.78, 5) is 43.3. The number of aromatic amines is 2. The van der Waals surface area contributed by atoms with E-state index in [2.05, 4.69) is 15.0 Å². The van der Waals surface area contributed by atoms with Crippen LogP contribution in [-0.4, -0.2) is 32.1 Å². The molecule has 2 heterocycles. The van der Waals surface area contributed by atoms with E-state index in [4.69, 9.17) is 4.74 Å². The average Bonchev–Trinajstić information content (AvgIpc) is 2.78. The zero-order valence-corrected chi connectivity index (χ0v) is 10.6. The third-order valence-electron chi connectivity index (χ3n) is 2.58. The third-order valence-corrected chi connectivity index (χ3v) is 2.58. The molecule has 0 atom stereocenters. The summed E-state index contributed by atoms with van der Waals surface area (Å²) in [5, 5.41) is 0. The van der Waals surface area contributed by atoms with Gasteiger partial charge in [-0.25, -0.2) is 9.78 Å². The molecule has 0 spiro atoms. The fraction of sp³-hybridized carbons (Fsp3) is 0.455. The Bertz CT molecular complexity index is 724. The standard InChI is InChI=1S/C11H14N4O4/c1-3-4-19-7(16)5-6-12-8-9(13-6)15(2)11(18)14-10(8)17/h3-5H2,1-2H3,(H,12,13)(H,14,17,18). The highest BCUT2D eigenvalue weighted by Gasteiger charge is 2.13. The Morgan fingerprint density at radius 1 is 1.37 bits per heavy atom. The number of aryl methyl sites for hydroxylation is 1. The summed E-state index contributed by atoms with van der Waals surface area (Å²) in [6.07, 6.45) is 0.669. The number of imidazole rings is 1. The van der Waals surface area contributed by atoms with Crippen LogP contribution in [-0.2, 0) is 23.0 Å². The van der Waals surface area contributed by atoms with Crippen molar-refractivity contribution in [2.75, 3.05) is 6.61 Å². The summed E-state index contributed by atoms with van der Waals surface area (Å²) in [6, 6.07) is 0. The Balaban J connectivity index is 2.35. The molecule has 0 fully saturated rings. The van der Waals surface area contributed by atoms with E-state index in [9.17, 15) is 14.4 Å². The van der Waals surface area contributed by atoms with Crippen molar-refractivity contribution in [2.24, 2.45) is 7.05 Å². The van der Waals surface area contributed by atoms with Gasteiger partial charge in [-0.15, -0.1) is 0 Å². The smallest absolute Gasteiger partial charge is 0.329 e.